The van der Waals surface area contributed by atoms with E-state index in [4.69, 9.17) is 0 Å². The lowest BCUT2D eigenvalue weighted by atomic mass is 10.0. The number of pyridine rings is 1. The molecular formula is C15H15N. The summed E-state index contributed by atoms with van der Waals surface area (Å²) >= 11 is 0. The van der Waals surface area contributed by atoms with Crippen LogP contribution < -0.4 is 0 Å². The Labute approximate surface area is 96.5 Å². The van der Waals surface area contributed by atoms with Gasteiger partial charge in [0.05, 0.1) is 0 Å². The number of allylic oxidation sites excluding steroid dienone is 1. The van der Waals surface area contributed by atoms with Crippen molar-refractivity contribution in [2.45, 2.75) is 12.8 Å². The van der Waals surface area contributed by atoms with Gasteiger partial charge in [0.2, 0.25) is 0 Å². The Morgan fingerprint density at radius 1 is 1.06 bits per heavy atom. The summed E-state index contributed by atoms with van der Waals surface area (Å²) in [5.74, 6) is 0.432. The monoisotopic (exact) mass is 209 g/mol. The number of nitrogens with zero attached hydrogens (tertiary/aromatic N) is 1. The first-order valence-corrected chi connectivity index (χ1v) is 5.49. The zero-order valence-corrected chi connectivity index (χ0v) is 9.38. The smallest absolute Gasteiger partial charge is 0.0340 e. The molecule has 0 unspecified atom stereocenters. The standard InChI is InChI=1S/C15H15N/c1-13(15-7-3-2-4-8-15)9-10-14-6-5-11-16-12-14/h2-13H,1H3/b10-9+/t13-/m0/s1. The third-order valence-corrected chi connectivity index (χ3v) is 2.59. The molecule has 0 aliphatic heterocycles. The van der Waals surface area contributed by atoms with Gasteiger partial charge >= 0.3 is 0 Å². The fraction of sp³-hybridized carbons (Fsp3) is 0.133. The number of benzene rings is 1. The van der Waals surface area contributed by atoms with E-state index in [1.54, 1.807) is 6.20 Å². The Balaban J connectivity index is 2.08. The molecule has 0 amide bonds. The maximum atomic E-state index is 4.08. The Morgan fingerprint density at radius 2 is 1.88 bits per heavy atom. The molecule has 0 spiro atoms. The number of rotatable bonds is 3. The molecule has 1 nitrogen and oxygen atoms in total. The highest BCUT2D eigenvalue weighted by molar-refractivity contribution is 5.49. The second-order valence-corrected chi connectivity index (χ2v) is 3.84. The maximum Gasteiger partial charge on any atom is 0.0340 e. The molecule has 0 N–H and O–H groups in total. The zero-order chi connectivity index (χ0) is 11.2. The second-order valence-electron chi connectivity index (χ2n) is 3.84. The minimum absolute atomic E-state index is 0.432. The van der Waals surface area contributed by atoms with Gasteiger partial charge in [-0.25, -0.2) is 0 Å². The summed E-state index contributed by atoms with van der Waals surface area (Å²) in [5.41, 5.74) is 2.48. The third-order valence-electron chi connectivity index (χ3n) is 2.59. The summed E-state index contributed by atoms with van der Waals surface area (Å²) in [6.45, 7) is 2.20. The topological polar surface area (TPSA) is 12.9 Å². The van der Waals surface area contributed by atoms with Crippen molar-refractivity contribution in [1.82, 2.24) is 4.98 Å². The average Bonchev–Trinajstić information content (AvgIpc) is 2.38. The summed E-state index contributed by atoms with van der Waals surface area (Å²) in [7, 11) is 0. The first-order valence-electron chi connectivity index (χ1n) is 5.49. The first-order chi connectivity index (χ1) is 7.86. The van der Waals surface area contributed by atoms with Crippen molar-refractivity contribution >= 4 is 6.08 Å². The third kappa shape index (κ3) is 2.80. The molecule has 0 fully saturated rings. The van der Waals surface area contributed by atoms with Crippen LogP contribution in [0.3, 0.4) is 0 Å². The summed E-state index contributed by atoms with van der Waals surface area (Å²) in [5, 5.41) is 0. The van der Waals surface area contributed by atoms with E-state index in [1.807, 2.05) is 18.3 Å². The normalized spacial score (nSPS) is 12.8. The highest BCUT2D eigenvalue weighted by atomic mass is 14.6. The van der Waals surface area contributed by atoms with Gasteiger partial charge in [0.25, 0.3) is 0 Å². The average molecular weight is 209 g/mol. The summed E-state index contributed by atoms with van der Waals surface area (Å²) in [6, 6.07) is 14.5. The largest absolute Gasteiger partial charge is 0.264 e. The van der Waals surface area contributed by atoms with E-state index in [2.05, 4.69) is 54.4 Å². The summed E-state index contributed by atoms with van der Waals surface area (Å²) < 4.78 is 0. The van der Waals surface area contributed by atoms with Crippen LogP contribution in [0.5, 0.6) is 0 Å². The molecule has 1 aromatic carbocycles. The van der Waals surface area contributed by atoms with Crippen LogP contribution in [-0.4, -0.2) is 4.98 Å². The Bertz CT molecular complexity index is 445. The molecule has 0 aliphatic rings. The van der Waals surface area contributed by atoms with Crippen LogP contribution in [0, 0.1) is 0 Å². The summed E-state index contributed by atoms with van der Waals surface area (Å²) in [6.07, 6.45) is 7.98. The van der Waals surface area contributed by atoms with Gasteiger partial charge in [0.1, 0.15) is 0 Å². The van der Waals surface area contributed by atoms with Crippen LogP contribution in [0.25, 0.3) is 6.08 Å². The van der Waals surface area contributed by atoms with E-state index >= 15 is 0 Å². The zero-order valence-electron chi connectivity index (χ0n) is 9.38. The Hall–Kier alpha value is -1.89. The van der Waals surface area contributed by atoms with Crippen LogP contribution in [0.1, 0.15) is 24.0 Å². The van der Waals surface area contributed by atoms with Crippen LogP contribution in [0.2, 0.25) is 0 Å². The molecule has 1 atom stereocenters. The van der Waals surface area contributed by atoms with Crippen LogP contribution >= 0.6 is 0 Å². The van der Waals surface area contributed by atoms with Crippen LogP contribution in [-0.2, 0) is 0 Å². The molecule has 0 saturated heterocycles. The van der Waals surface area contributed by atoms with Gasteiger partial charge in [-0.05, 0) is 23.1 Å². The van der Waals surface area contributed by atoms with Crippen molar-refractivity contribution in [3.63, 3.8) is 0 Å². The SMILES string of the molecule is C[C@@H](/C=C/c1cccnc1)c1ccccc1. The quantitative estimate of drug-likeness (QED) is 0.747. The number of hydrogen-bond donors (Lipinski definition) is 0. The van der Waals surface area contributed by atoms with Gasteiger partial charge in [-0.1, -0.05) is 55.5 Å². The highest BCUT2D eigenvalue weighted by Crippen LogP contribution is 2.17. The van der Waals surface area contributed by atoms with Crippen molar-refractivity contribution in [2.75, 3.05) is 0 Å². The summed E-state index contributed by atoms with van der Waals surface area (Å²) in [4.78, 5) is 4.08. The van der Waals surface area contributed by atoms with Crippen molar-refractivity contribution in [2.24, 2.45) is 0 Å². The first kappa shape index (κ1) is 10.6. The van der Waals surface area contributed by atoms with E-state index in [1.165, 1.54) is 5.56 Å². The van der Waals surface area contributed by atoms with E-state index < -0.39 is 0 Å². The van der Waals surface area contributed by atoms with Gasteiger partial charge in [0.15, 0.2) is 0 Å². The molecule has 1 aromatic heterocycles. The molecular weight excluding hydrogens is 194 g/mol. The second kappa shape index (κ2) is 5.26. The van der Waals surface area contributed by atoms with Gasteiger partial charge < -0.3 is 0 Å². The van der Waals surface area contributed by atoms with Crippen molar-refractivity contribution in [3.05, 3.63) is 72.1 Å². The molecule has 0 bridgehead atoms. The minimum Gasteiger partial charge on any atom is -0.264 e. The maximum absolute atomic E-state index is 4.08. The van der Waals surface area contributed by atoms with Gasteiger partial charge in [-0.15, -0.1) is 0 Å². The Morgan fingerprint density at radius 3 is 2.56 bits per heavy atom. The van der Waals surface area contributed by atoms with Gasteiger partial charge in [-0.2, -0.15) is 0 Å². The molecule has 2 aromatic rings. The lowest BCUT2D eigenvalue weighted by Crippen LogP contribution is -1.87. The molecule has 0 radical (unpaired) electrons. The van der Waals surface area contributed by atoms with Gasteiger partial charge in [0, 0.05) is 12.4 Å². The predicted molar refractivity (Wildman–Crippen MR) is 68.1 cm³/mol. The highest BCUT2D eigenvalue weighted by Gasteiger charge is 1.98. The molecule has 1 heteroatoms. The van der Waals surface area contributed by atoms with Crippen LogP contribution in [0.4, 0.5) is 0 Å². The fourth-order valence-corrected chi connectivity index (χ4v) is 1.60. The van der Waals surface area contributed by atoms with E-state index in [0.29, 0.717) is 5.92 Å². The van der Waals surface area contributed by atoms with E-state index in [-0.39, 0.29) is 0 Å². The molecule has 16 heavy (non-hydrogen) atoms. The van der Waals surface area contributed by atoms with Crippen molar-refractivity contribution in [1.29, 1.82) is 0 Å². The number of hydrogen-bond acceptors (Lipinski definition) is 1. The van der Waals surface area contributed by atoms with Gasteiger partial charge in [-0.3, -0.25) is 4.98 Å². The number of aromatic nitrogens is 1. The lowest BCUT2D eigenvalue weighted by Gasteiger charge is -2.05. The van der Waals surface area contributed by atoms with Crippen LogP contribution in [0.15, 0.2) is 60.9 Å². The van der Waals surface area contributed by atoms with E-state index in [0.717, 1.165) is 5.56 Å². The minimum atomic E-state index is 0.432. The van der Waals surface area contributed by atoms with Crippen molar-refractivity contribution in [3.8, 4) is 0 Å². The Kier molecular flexibility index (Phi) is 3.50. The molecule has 80 valence electrons. The van der Waals surface area contributed by atoms with Crippen molar-refractivity contribution < 1.29 is 0 Å². The predicted octanol–water partition coefficient (Wildman–Crippen LogP) is 3.90. The molecule has 1 heterocycles. The molecule has 0 aliphatic carbocycles. The van der Waals surface area contributed by atoms with E-state index in [9.17, 15) is 0 Å². The molecule has 2 rings (SSSR count). The molecule has 0 saturated carbocycles. The fourth-order valence-electron chi connectivity index (χ4n) is 1.60. The lowest BCUT2D eigenvalue weighted by molar-refractivity contribution is 0.973.